The highest BCUT2D eigenvalue weighted by atomic mass is 32.2. The van der Waals surface area contributed by atoms with Crippen LogP contribution in [0.4, 0.5) is 0 Å². The monoisotopic (exact) mass is 361 g/mol. The van der Waals surface area contributed by atoms with Gasteiger partial charge in [-0.3, -0.25) is 4.79 Å². The number of aromatic nitrogens is 2. The normalized spacial score (nSPS) is 34.2. The molecule has 5 rings (SSSR count). The van der Waals surface area contributed by atoms with Gasteiger partial charge in [0.05, 0.1) is 5.75 Å². The van der Waals surface area contributed by atoms with Crippen molar-refractivity contribution in [1.29, 1.82) is 0 Å². The summed E-state index contributed by atoms with van der Waals surface area (Å²) in [5.74, 6) is 3.43. The summed E-state index contributed by atoms with van der Waals surface area (Å²) >= 11 is 1.56. The second kappa shape index (κ2) is 6.98. The Morgan fingerprint density at radius 2 is 1.96 bits per heavy atom. The minimum atomic E-state index is 0.166. The molecule has 4 nitrogen and oxygen atoms in total. The number of imidazole rings is 1. The molecule has 0 aromatic carbocycles. The summed E-state index contributed by atoms with van der Waals surface area (Å²) < 4.78 is 2.14. The SMILES string of the molecule is CCCn1ccnc1SCC(=O)N[C@@H](C)C12CC3CC(CC(C3)C1)C2. The van der Waals surface area contributed by atoms with E-state index in [1.165, 1.54) is 38.5 Å². The Labute approximate surface area is 155 Å². The maximum atomic E-state index is 12.5. The zero-order chi connectivity index (χ0) is 17.4. The first-order valence-electron chi connectivity index (χ1n) is 10.0. The van der Waals surface area contributed by atoms with Crippen LogP contribution >= 0.6 is 11.8 Å². The van der Waals surface area contributed by atoms with Crippen molar-refractivity contribution in [2.75, 3.05) is 5.75 Å². The number of nitrogens with zero attached hydrogens (tertiary/aromatic N) is 2. The Morgan fingerprint density at radius 1 is 1.32 bits per heavy atom. The van der Waals surface area contributed by atoms with Gasteiger partial charge in [-0.1, -0.05) is 18.7 Å². The van der Waals surface area contributed by atoms with Crippen LogP contribution in [0.5, 0.6) is 0 Å². The fourth-order valence-corrected chi connectivity index (χ4v) is 6.92. The Kier molecular flexibility index (Phi) is 4.87. The molecule has 4 fully saturated rings. The molecule has 1 amide bonds. The number of carbonyl (C=O) groups is 1. The van der Waals surface area contributed by atoms with Gasteiger partial charge >= 0.3 is 0 Å². The lowest BCUT2D eigenvalue weighted by Crippen LogP contribution is -2.56. The van der Waals surface area contributed by atoms with E-state index in [4.69, 9.17) is 0 Å². The van der Waals surface area contributed by atoms with Crippen molar-refractivity contribution in [3.05, 3.63) is 12.4 Å². The molecular weight excluding hydrogens is 330 g/mol. The van der Waals surface area contributed by atoms with Gasteiger partial charge in [-0.15, -0.1) is 0 Å². The van der Waals surface area contributed by atoms with Crippen LogP contribution in [0, 0.1) is 23.2 Å². The average molecular weight is 362 g/mol. The molecule has 1 heterocycles. The Balaban J connectivity index is 1.32. The third-order valence-corrected chi connectivity index (χ3v) is 7.86. The van der Waals surface area contributed by atoms with E-state index >= 15 is 0 Å². The smallest absolute Gasteiger partial charge is 0.230 e. The van der Waals surface area contributed by atoms with Crippen LogP contribution < -0.4 is 5.32 Å². The zero-order valence-electron chi connectivity index (χ0n) is 15.5. The van der Waals surface area contributed by atoms with Crippen LogP contribution in [0.25, 0.3) is 0 Å². The molecule has 4 aliphatic rings. The van der Waals surface area contributed by atoms with Gasteiger partial charge in [0.1, 0.15) is 0 Å². The number of nitrogens with one attached hydrogen (secondary N) is 1. The van der Waals surface area contributed by atoms with Gasteiger partial charge in [0, 0.05) is 25.0 Å². The molecule has 25 heavy (non-hydrogen) atoms. The molecule has 138 valence electrons. The molecule has 1 N–H and O–H groups in total. The van der Waals surface area contributed by atoms with E-state index in [2.05, 4.69) is 28.7 Å². The van der Waals surface area contributed by atoms with Crippen molar-refractivity contribution < 1.29 is 4.79 Å². The second-order valence-electron chi connectivity index (χ2n) is 8.76. The zero-order valence-corrected chi connectivity index (χ0v) is 16.4. The van der Waals surface area contributed by atoms with Crippen LogP contribution in [-0.2, 0) is 11.3 Å². The third-order valence-electron chi connectivity index (χ3n) is 6.86. The average Bonchev–Trinajstić information content (AvgIpc) is 2.99. The van der Waals surface area contributed by atoms with Gasteiger partial charge in [-0.25, -0.2) is 4.98 Å². The molecule has 0 radical (unpaired) electrons. The van der Waals surface area contributed by atoms with Crippen LogP contribution in [0.15, 0.2) is 17.6 Å². The lowest BCUT2D eigenvalue weighted by Gasteiger charge is -2.59. The van der Waals surface area contributed by atoms with Crippen molar-refractivity contribution >= 4 is 17.7 Å². The van der Waals surface area contributed by atoms with Crippen LogP contribution in [0.2, 0.25) is 0 Å². The summed E-state index contributed by atoms with van der Waals surface area (Å²) in [6.45, 7) is 5.38. The molecule has 4 saturated carbocycles. The van der Waals surface area contributed by atoms with Gasteiger partial charge in [-0.05, 0) is 75.0 Å². The summed E-state index contributed by atoms with van der Waals surface area (Å²) in [7, 11) is 0. The van der Waals surface area contributed by atoms with Crippen LogP contribution in [-0.4, -0.2) is 27.3 Å². The highest BCUT2D eigenvalue weighted by molar-refractivity contribution is 7.99. The number of thioether (sulfide) groups is 1. The summed E-state index contributed by atoms with van der Waals surface area (Å²) in [6.07, 6.45) is 13.3. The molecule has 5 heteroatoms. The maximum Gasteiger partial charge on any atom is 0.230 e. The third kappa shape index (κ3) is 3.49. The van der Waals surface area contributed by atoms with E-state index in [0.717, 1.165) is 35.9 Å². The van der Waals surface area contributed by atoms with Crippen molar-refractivity contribution in [1.82, 2.24) is 14.9 Å². The van der Waals surface area contributed by atoms with Gasteiger partial charge < -0.3 is 9.88 Å². The number of hydrogen-bond donors (Lipinski definition) is 1. The first kappa shape index (κ1) is 17.4. The number of carbonyl (C=O) groups excluding carboxylic acids is 1. The predicted octanol–water partition coefficient (Wildman–Crippen LogP) is 4.11. The summed E-state index contributed by atoms with van der Waals surface area (Å²) in [4.78, 5) is 16.9. The van der Waals surface area contributed by atoms with Gasteiger partial charge in [0.2, 0.25) is 5.91 Å². The summed E-state index contributed by atoms with van der Waals surface area (Å²) in [5.41, 5.74) is 0.385. The maximum absolute atomic E-state index is 12.5. The fourth-order valence-electron chi connectivity index (χ4n) is 6.12. The van der Waals surface area contributed by atoms with E-state index < -0.39 is 0 Å². The number of hydrogen-bond acceptors (Lipinski definition) is 3. The first-order valence-corrected chi connectivity index (χ1v) is 11.0. The van der Waals surface area contributed by atoms with Crippen molar-refractivity contribution in [3.63, 3.8) is 0 Å². The Morgan fingerprint density at radius 3 is 2.56 bits per heavy atom. The molecule has 0 unspecified atom stereocenters. The van der Waals surface area contributed by atoms with Gasteiger partial charge in [0.15, 0.2) is 5.16 Å². The molecule has 4 aliphatic carbocycles. The lowest BCUT2D eigenvalue weighted by atomic mass is 9.48. The molecule has 0 aliphatic heterocycles. The van der Waals surface area contributed by atoms with E-state index in [1.54, 1.807) is 11.8 Å². The topological polar surface area (TPSA) is 46.9 Å². The minimum Gasteiger partial charge on any atom is -0.352 e. The lowest BCUT2D eigenvalue weighted by molar-refractivity contribution is -0.123. The number of aryl methyl sites for hydroxylation is 1. The van der Waals surface area contributed by atoms with E-state index in [1.807, 2.05) is 12.4 Å². The molecule has 1 aromatic heterocycles. The van der Waals surface area contributed by atoms with Crippen molar-refractivity contribution in [2.45, 2.75) is 76.5 Å². The van der Waals surface area contributed by atoms with Gasteiger partial charge in [0.25, 0.3) is 0 Å². The quantitative estimate of drug-likeness (QED) is 0.744. The van der Waals surface area contributed by atoms with Crippen molar-refractivity contribution in [2.24, 2.45) is 23.2 Å². The predicted molar refractivity (Wildman–Crippen MR) is 101 cm³/mol. The van der Waals surface area contributed by atoms with Crippen LogP contribution in [0.3, 0.4) is 0 Å². The molecule has 1 aromatic rings. The highest BCUT2D eigenvalue weighted by Gasteiger charge is 2.53. The standard InChI is InChI=1S/C20H31N3OS/c1-3-5-23-6-4-21-19(23)25-13-18(24)22-14(2)20-10-15-7-16(11-20)9-17(8-15)12-20/h4,6,14-17H,3,5,7-13H2,1-2H3,(H,22,24)/t14-,15?,16?,17?,20?/m0/s1. The summed E-state index contributed by atoms with van der Waals surface area (Å²) in [6, 6.07) is 0.310. The van der Waals surface area contributed by atoms with E-state index in [9.17, 15) is 4.79 Å². The Hall–Kier alpha value is -0.970. The first-order chi connectivity index (χ1) is 12.1. The molecular formula is C20H31N3OS. The Bertz CT molecular complexity index is 591. The van der Waals surface area contributed by atoms with E-state index in [0.29, 0.717) is 17.2 Å². The summed E-state index contributed by atoms with van der Waals surface area (Å²) in [5, 5.41) is 4.31. The van der Waals surface area contributed by atoms with Crippen molar-refractivity contribution in [3.8, 4) is 0 Å². The number of amides is 1. The van der Waals surface area contributed by atoms with Crippen LogP contribution in [0.1, 0.15) is 58.8 Å². The van der Waals surface area contributed by atoms with Gasteiger partial charge in [-0.2, -0.15) is 0 Å². The molecule has 0 saturated heterocycles. The minimum absolute atomic E-state index is 0.166. The number of rotatable bonds is 7. The highest BCUT2D eigenvalue weighted by Crippen LogP contribution is 2.61. The second-order valence-corrected chi connectivity index (χ2v) is 9.70. The molecule has 4 bridgehead atoms. The molecule has 0 spiro atoms. The largest absolute Gasteiger partial charge is 0.352 e. The fraction of sp³-hybridized carbons (Fsp3) is 0.800. The van der Waals surface area contributed by atoms with E-state index in [-0.39, 0.29) is 5.91 Å². The molecule has 1 atom stereocenters.